The van der Waals surface area contributed by atoms with Crippen molar-refractivity contribution in [3.63, 3.8) is 0 Å². The summed E-state index contributed by atoms with van der Waals surface area (Å²) in [7, 11) is 0. The molecule has 0 aliphatic heterocycles. The van der Waals surface area contributed by atoms with Crippen LogP contribution in [0.3, 0.4) is 0 Å². The van der Waals surface area contributed by atoms with Crippen LogP contribution in [0.2, 0.25) is 0 Å². The molecule has 4 aromatic rings. The third-order valence-corrected chi connectivity index (χ3v) is 7.02. The van der Waals surface area contributed by atoms with Crippen LogP contribution >= 0.6 is 34.4 Å². The molecule has 0 nitrogen and oxygen atoms in total. The highest BCUT2D eigenvalue weighted by molar-refractivity contribution is 8.00. The van der Waals surface area contributed by atoms with E-state index in [1.807, 2.05) is 30.3 Å². The smallest absolute Gasteiger partial charge is 0.192 e. The third kappa shape index (κ3) is 2.27. The molecule has 4 rings (SSSR count). The zero-order chi connectivity index (χ0) is 14.4. The van der Waals surface area contributed by atoms with E-state index in [4.69, 9.17) is 0 Å². The lowest BCUT2D eigenvalue weighted by atomic mass is 10.2. The molecule has 0 spiro atoms. The Balaban J connectivity index is 1.92. The number of rotatable bonds is 2. The SMILES string of the molecule is Cc1ccc2sc3c(Sc4ccccc4)c(F)sc3c2c1. The van der Waals surface area contributed by atoms with Crippen molar-refractivity contribution < 1.29 is 4.39 Å². The maximum Gasteiger partial charge on any atom is 0.192 e. The van der Waals surface area contributed by atoms with Crippen LogP contribution in [0.5, 0.6) is 0 Å². The minimum atomic E-state index is -0.0755. The van der Waals surface area contributed by atoms with Gasteiger partial charge in [-0.25, -0.2) is 0 Å². The normalized spacial score (nSPS) is 11.5. The molecule has 2 aromatic heterocycles. The van der Waals surface area contributed by atoms with Gasteiger partial charge in [0.25, 0.3) is 0 Å². The van der Waals surface area contributed by atoms with Crippen LogP contribution in [0, 0.1) is 12.1 Å². The molecule has 0 radical (unpaired) electrons. The first-order valence-corrected chi connectivity index (χ1v) is 9.01. The Kier molecular flexibility index (Phi) is 3.25. The molecule has 0 fully saturated rings. The van der Waals surface area contributed by atoms with E-state index < -0.39 is 0 Å². The monoisotopic (exact) mass is 330 g/mol. The average Bonchev–Trinajstić information content (AvgIpc) is 2.97. The summed E-state index contributed by atoms with van der Waals surface area (Å²) in [6.07, 6.45) is 0. The van der Waals surface area contributed by atoms with Crippen molar-refractivity contribution in [2.75, 3.05) is 0 Å². The number of halogens is 1. The second-order valence-electron chi connectivity index (χ2n) is 4.88. The van der Waals surface area contributed by atoms with Gasteiger partial charge in [-0.2, -0.15) is 4.39 Å². The summed E-state index contributed by atoms with van der Waals surface area (Å²) >= 11 is 4.47. The van der Waals surface area contributed by atoms with Gasteiger partial charge in [0.1, 0.15) is 0 Å². The van der Waals surface area contributed by atoms with Crippen molar-refractivity contribution in [1.82, 2.24) is 0 Å². The van der Waals surface area contributed by atoms with E-state index in [2.05, 4.69) is 25.1 Å². The van der Waals surface area contributed by atoms with Crippen LogP contribution in [-0.4, -0.2) is 0 Å². The Labute approximate surface area is 134 Å². The van der Waals surface area contributed by atoms with E-state index in [1.54, 1.807) is 11.3 Å². The largest absolute Gasteiger partial charge is 0.194 e. The van der Waals surface area contributed by atoms with Crippen molar-refractivity contribution in [3.05, 3.63) is 59.2 Å². The Hall–Kier alpha value is -1.36. The van der Waals surface area contributed by atoms with Gasteiger partial charge in [0.2, 0.25) is 0 Å². The molecule has 0 amide bonds. The lowest BCUT2D eigenvalue weighted by Gasteiger charge is -1.98. The summed E-state index contributed by atoms with van der Waals surface area (Å²) in [4.78, 5) is 1.84. The van der Waals surface area contributed by atoms with Crippen molar-refractivity contribution >= 4 is 53.9 Å². The molecule has 2 heterocycles. The van der Waals surface area contributed by atoms with E-state index >= 15 is 0 Å². The summed E-state index contributed by atoms with van der Waals surface area (Å²) in [5.74, 6) is 0. The molecular formula is C17H11FS3. The van der Waals surface area contributed by atoms with Gasteiger partial charge < -0.3 is 0 Å². The standard InChI is InChI=1S/C17H11FS3/c1-10-7-8-13-12(9-10)14-15(20-13)16(17(18)21-14)19-11-5-3-2-4-6-11/h2-9H,1H3. The zero-order valence-corrected chi connectivity index (χ0v) is 13.7. The topological polar surface area (TPSA) is 0 Å². The minimum absolute atomic E-state index is 0.0755. The van der Waals surface area contributed by atoms with Crippen LogP contribution in [0.1, 0.15) is 5.56 Å². The number of thiophene rings is 2. The van der Waals surface area contributed by atoms with Gasteiger partial charge in [-0.05, 0) is 31.2 Å². The Morgan fingerprint density at radius 1 is 0.952 bits per heavy atom. The van der Waals surface area contributed by atoms with E-state index in [1.165, 1.54) is 38.7 Å². The predicted octanol–water partition coefficient (Wildman–Crippen LogP) is 6.71. The van der Waals surface area contributed by atoms with Crippen molar-refractivity contribution in [1.29, 1.82) is 0 Å². The Morgan fingerprint density at radius 3 is 2.57 bits per heavy atom. The Morgan fingerprint density at radius 2 is 1.76 bits per heavy atom. The lowest BCUT2D eigenvalue weighted by Crippen LogP contribution is -1.72. The molecule has 4 heteroatoms. The van der Waals surface area contributed by atoms with Crippen LogP contribution in [0.25, 0.3) is 19.5 Å². The molecule has 21 heavy (non-hydrogen) atoms. The first-order valence-electron chi connectivity index (χ1n) is 6.56. The maximum atomic E-state index is 14.4. The highest BCUT2D eigenvalue weighted by Gasteiger charge is 2.18. The van der Waals surface area contributed by atoms with Gasteiger partial charge in [-0.1, -0.05) is 41.6 Å². The molecule has 0 N–H and O–H groups in total. The second-order valence-corrected chi connectivity index (χ2v) is 7.99. The fourth-order valence-electron chi connectivity index (χ4n) is 2.36. The first kappa shape index (κ1) is 13.3. The van der Waals surface area contributed by atoms with Crippen molar-refractivity contribution in [3.8, 4) is 0 Å². The molecule has 0 aliphatic rings. The average molecular weight is 330 g/mol. The van der Waals surface area contributed by atoms with Crippen molar-refractivity contribution in [2.24, 2.45) is 0 Å². The van der Waals surface area contributed by atoms with E-state index in [9.17, 15) is 4.39 Å². The van der Waals surface area contributed by atoms with Crippen LogP contribution in [0.4, 0.5) is 4.39 Å². The number of aryl methyl sites for hydroxylation is 1. The molecule has 0 saturated carbocycles. The quantitative estimate of drug-likeness (QED) is 0.393. The summed E-state index contributed by atoms with van der Waals surface area (Å²) in [5, 5.41) is 1.10. The molecular weight excluding hydrogens is 319 g/mol. The summed E-state index contributed by atoms with van der Waals surface area (Å²) in [5.41, 5.74) is 1.22. The molecule has 104 valence electrons. The van der Waals surface area contributed by atoms with E-state index in [0.717, 1.165) is 19.2 Å². The maximum absolute atomic E-state index is 14.4. The number of hydrogen-bond acceptors (Lipinski definition) is 3. The van der Waals surface area contributed by atoms with Crippen LogP contribution in [0.15, 0.2) is 58.3 Å². The van der Waals surface area contributed by atoms with Gasteiger partial charge >= 0.3 is 0 Å². The van der Waals surface area contributed by atoms with Gasteiger partial charge in [0.15, 0.2) is 5.13 Å². The van der Waals surface area contributed by atoms with Gasteiger partial charge in [-0.3, -0.25) is 0 Å². The van der Waals surface area contributed by atoms with Gasteiger partial charge in [0.05, 0.1) is 14.3 Å². The van der Waals surface area contributed by atoms with Crippen LogP contribution in [-0.2, 0) is 0 Å². The summed E-state index contributed by atoms with van der Waals surface area (Å²) in [6.45, 7) is 2.08. The molecule has 0 bridgehead atoms. The summed E-state index contributed by atoms with van der Waals surface area (Å²) in [6, 6.07) is 16.4. The number of fused-ring (bicyclic) bond motifs is 3. The van der Waals surface area contributed by atoms with Gasteiger partial charge in [-0.15, -0.1) is 22.7 Å². The Bertz CT molecular complexity index is 935. The third-order valence-electron chi connectivity index (χ3n) is 3.34. The van der Waals surface area contributed by atoms with Gasteiger partial charge in [0, 0.05) is 15.0 Å². The number of benzene rings is 2. The number of hydrogen-bond donors (Lipinski definition) is 0. The zero-order valence-electron chi connectivity index (χ0n) is 11.2. The molecule has 0 unspecified atom stereocenters. The van der Waals surface area contributed by atoms with Crippen LogP contribution < -0.4 is 0 Å². The minimum Gasteiger partial charge on any atom is -0.194 e. The fraction of sp³-hybridized carbons (Fsp3) is 0.0588. The van der Waals surface area contributed by atoms with E-state index in [-0.39, 0.29) is 5.13 Å². The predicted molar refractivity (Wildman–Crippen MR) is 92.5 cm³/mol. The molecule has 2 aromatic carbocycles. The van der Waals surface area contributed by atoms with E-state index in [0.29, 0.717) is 0 Å². The van der Waals surface area contributed by atoms with Crippen molar-refractivity contribution in [2.45, 2.75) is 16.7 Å². The highest BCUT2D eigenvalue weighted by Crippen LogP contribution is 2.47. The molecule has 0 atom stereocenters. The molecule has 0 aliphatic carbocycles. The summed E-state index contributed by atoms with van der Waals surface area (Å²) < 4.78 is 17.7. The fourth-order valence-corrected chi connectivity index (χ4v) is 5.96. The second kappa shape index (κ2) is 5.13. The lowest BCUT2D eigenvalue weighted by molar-refractivity contribution is 0.636. The first-order chi connectivity index (χ1) is 10.2. The highest BCUT2D eigenvalue weighted by atomic mass is 32.2. The molecule has 0 saturated heterocycles.